The summed E-state index contributed by atoms with van der Waals surface area (Å²) in [6.07, 6.45) is 3.47. The van der Waals surface area contributed by atoms with Gasteiger partial charge in [-0.25, -0.2) is 8.42 Å². The Morgan fingerprint density at radius 2 is 1.77 bits per heavy atom. The van der Waals surface area contributed by atoms with E-state index >= 15 is 0 Å². The van der Waals surface area contributed by atoms with E-state index in [1.54, 1.807) is 43.6 Å². The fourth-order valence-corrected chi connectivity index (χ4v) is 3.69. The van der Waals surface area contributed by atoms with Crippen LogP contribution in [0.3, 0.4) is 0 Å². The maximum absolute atomic E-state index is 12.6. The number of nitrogens with one attached hydrogen (secondary N) is 2. The molecule has 0 saturated heterocycles. The first-order valence-corrected chi connectivity index (χ1v) is 9.49. The standard InChI is InChI=1S/C18H19N5O2S/c1-13-5-6-14(2)16(10-13)26(24,25)23-18-8-7-17(21-22-18)20-12-15-4-3-9-19-11-15/h3-11H,12H2,1-2H3,(H,20,21)(H,22,23). The van der Waals surface area contributed by atoms with Gasteiger partial charge in [0, 0.05) is 18.9 Å². The summed E-state index contributed by atoms with van der Waals surface area (Å²) in [4.78, 5) is 4.27. The molecule has 0 spiro atoms. The van der Waals surface area contributed by atoms with Gasteiger partial charge in [-0.2, -0.15) is 0 Å². The van der Waals surface area contributed by atoms with Crippen molar-refractivity contribution < 1.29 is 8.42 Å². The first-order valence-electron chi connectivity index (χ1n) is 8.01. The third kappa shape index (κ3) is 4.34. The Kier molecular flexibility index (Phi) is 5.13. The molecule has 0 aliphatic heterocycles. The second-order valence-corrected chi connectivity index (χ2v) is 7.54. The van der Waals surface area contributed by atoms with Gasteiger partial charge in [-0.1, -0.05) is 18.2 Å². The Morgan fingerprint density at radius 1 is 1.00 bits per heavy atom. The summed E-state index contributed by atoms with van der Waals surface area (Å²) in [6.45, 7) is 4.15. The molecule has 3 rings (SSSR count). The summed E-state index contributed by atoms with van der Waals surface area (Å²) in [5.41, 5.74) is 2.55. The van der Waals surface area contributed by atoms with Crippen LogP contribution in [0.15, 0.2) is 59.8 Å². The lowest BCUT2D eigenvalue weighted by Gasteiger charge is -2.11. The molecule has 0 amide bonds. The molecule has 134 valence electrons. The van der Waals surface area contributed by atoms with Crippen molar-refractivity contribution >= 4 is 21.7 Å². The van der Waals surface area contributed by atoms with Crippen LogP contribution in [0.1, 0.15) is 16.7 Å². The number of benzene rings is 1. The molecule has 0 bridgehead atoms. The quantitative estimate of drug-likeness (QED) is 0.693. The predicted octanol–water partition coefficient (Wildman–Crippen LogP) is 2.90. The third-order valence-corrected chi connectivity index (χ3v) is 5.23. The number of aryl methyl sites for hydroxylation is 2. The minimum atomic E-state index is -3.72. The number of rotatable bonds is 6. The van der Waals surface area contributed by atoms with Crippen LogP contribution in [0, 0.1) is 13.8 Å². The van der Waals surface area contributed by atoms with Gasteiger partial charge in [0.1, 0.15) is 5.82 Å². The van der Waals surface area contributed by atoms with E-state index in [1.165, 1.54) is 0 Å². The maximum atomic E-state index is 12.6. The van der Waals surface area contributed by atoms with E-state index in [4.69, 9.17) is 0 Å². The largest absolute Gasteiger partial charge is 0.364 e. The topological polar surface area (TPSA) is 96.9 Å². The average molecular weight is 369 g/mol. The van der Waals surface area contributed by atoms with E-state index < -0.39 is 10.0 Å². The summed E-state index contributed by atoms with van der Waals surface area (Å²) < 4.78 is 27.6. The van der Waals surface area contributed by atoms with Crippen LogP contribution >= 0.6 is 0 Å². The van der Waals surface area contributed by atoms with E-state index in [2.05, 4.69) is 25.2 Å². The van der Waals surface area contributed by atoms with Gasteiger partial charge in [-0.15, -0.1) is 10.2 Å². The van der Waals surface area contributed by atoms with Crippen molar-refractivity contribution in [3.05, 3.63) is 71.5 Å². The predicted molar refractivity (Wildman–Crippen MR) is 100 cm³/mol. The summed E-state index contributed by atoms with van der Waals surface area (Å²) in [6, 6.07) is 12.3. The molecule has 0 saturated carbocycles. The Labute approximate surface area is 152 Å². The number of sulfonamides is 1. The van der Waals surface area contributed by atoms with Gasteiger partial charge < -0.3 is 5.32 Å². The van der Waals surface area contributed by atoms with Crippen LogP contribution in [-0.2, 0) is 16.6 Å². The maximum Gasteiger partial charge on any atom is 0.263 e. The summed E-state index contributed by atoms with van der Waals surface area (Å²) >= 11 is 0. The smallest absolute Gasteiger partial charge is 0.263 e. The molecule has 2 aromatic heterocycles. The molecule has 0 radical (unpaired) electrons. The van der Waals surface area contributed by atoms with Gasteiger partial charge in [0.2, 0.25) is 0 Å². The summed E-state index contributed by atoms with van der Waals surface area (Å²) in [5.74, 6) is 0.710. The average Bonchev–Trinajstić information content (AvgIpc) is 2.64. The van der Waals surface area contributed by atoms with Crippen LogP contribution in [0.4, 0.5) is 11.6 Å². The third-order valence-electron chi connectivity index (χ3n) is 3.73. The van der Waals surface area contributed by atoms with Gasteiger partial charge in [0.15, 0.2) is 5.82 Å². The number of nitrogens with zero attached hydrogens (tertiary/aromatic N) is 3. The van der Waals surface area contributed by atoms with Crippen molar-refractivity contribution in [3.8, 4) is 0 Å². The Hall–Kier alpha value is -3.00. The molecule has 0 aliphatic carbocycles. The number of pyridine rings is 1. The van der Waals surface area contributed by atoms with Gasteiger partial charge in [-0.05, 0) is 54.8 Å². The fourth-order valence-electron chi connectivity index (χ4n) is 2.37. The van der Waals surface area contributed by atoms with Crippen LogP contribution in [0.5, 0.6) is 0 Å². The van der Waals surface area contributed by atoms with Gasteiger partial charge in [-0.3, -0.25) is 9.71 Å². The highest BCUT2D eigenvalue weighted by atomic mass is 32.2. The zero-order chi connectivity index (χ0) is 18.6. The van der Waals surface area contributed by atoms with Crippen molar-refractivity contribution in [2.75, 3.05) is 10.0 Å². The highest BCUT2D eigenvalue weighted by Crippen LogP contribution is 2.20. The molecule has 0 fully saturated rings. The fraction of sp³-hybridized carbons (Fsp3) is 0.167. The second kappa shape index (κ2) is 7.49. The minimum Gasteiger partial charge on any atom is -0.364 e. The van der Waals surface area contributed by atoms with E-state index in [1.807, 2.05) is 25.1 Å². The lowest BCUT2D eigenvalue weighted by atomic mass is 10.2. The molecule has 0 unspecified atom stereocenters. The van der Waals surface area contributed by atoms with Gasteiger partial charge in [0.05, 0.1) is 4.90 Å². The van der Waals surface area contributed by atoms with Crippen LogP contribution in [0.25, 0.3) is 0 Å². The molecule has 2 heterocycles. The van der Waals surface area contributed by atoms with Crippen molar-refractivity contribution in [2.24, 2.45) is 0 Å². The number of anilines is 2. The molecule has 8 heteroatoms. The van der Waals surface area contributed by atoms with E-state index in [0.29, 0.717) is 17.9 Å². The Bertz CT molecular complexity index is 990. The minimum absolute atomic E-state index is 0.165. The van der Waals surface area contributed by atoms with Crippen LogP contribution in [-0.4, -0.2) is 23.6 Å². The highest BCUT2D eigenvalue weighted by molar-refractivity contribution is 7.92. The Balaban J connectivity index is 1.69. The van der Waals surface area contributed by atoms with Gasteiger partial charge in [0.25, 0.3) is 10.0 Å². The van der Waals surface area contributed by atoms with Crippen molar-refractivity contribution in [3.63, 3.8) is 0 Å². The first-order chi connectivity index (χ1) is 12.4. The molecular weight excluding hydrogens is 350 g/mol. The Morgan fingerprint density at radius 3 is 2.46 bits per heavy atom. The molecule has 0 atom stereocenters. The molecule has 1 aromatic carbocycles. The van der Waals surface area contributed by atoms with E-state index in [9.17, 15) is 8.42 Å². The zero-order valence-corrected chi connectivity index (χ0v) is 15.3. The molecule has 7 nitrogen and oxygen atoms in total. The number of hydrogen-bond donors (Lipinski definition) is 2. The van der Waals surface area contributed by atoms with Crippen molar-refractivity contribution in [2.45, 2.75) is 25.3 Å². The zero-order valence-electron chi connectivity index (χ0n) is 14.5. The van der Waals surface area contributed by atoms with E-state index in [-0.39, 0.29) is 10.7 Å². The van der Waals surface area contributed by atoms with E-state index in [0.717, 1.165) is 11.1 Å². The summed E-state index contributed by atoms with van der Waals surface area (Å²) in [5, 5.41) is 11.0. The molecular formula is C18H19N5O2S. The van der Waals surface area contributed by atoms with Crippen LogP contribution < -0.4 is 10.0 Å². The highest BCUT2D eigenvalue weighted by Gasteiger charge is 2.18. The number of aromatic nitrogens is 3. The summed E-state index contributed by atoms with van der Waals surface area (Å²) in [7, 11) is -3.72. The first kappa shape index (κ1) is 17.8. The monoisotopic (exact) mass is 369 g/mol. The lowest BCUT2D eigenvalue weighted by Crippen LogP contribution is -2.16. The van der Waals surface area contributed by atoms with Gasteiger partial charge >= 0.3 is 0 Å². The normalized spacial score (nSPS) is 11.2. The molecule has 0 aliphatic rings. The number of hydrogen-bond acceptors (Lipinski definition) is 6. The van der Waals surface area contributed by atoms with Crippen LogP contribution in [0.2, 0.25) is 0 Å². The van der Waals surface area contributed by atoms with Crippen molar-refractivity contribution in [1.29, 1.82) is 0 Å². The second-order valence-electron chi connectivity index (χ2n) is 5.89. The van der Waals surface area contributed by atoms with Crippen molar-refractivity contribution in [1.82, 2.24) is 15.2 Å². The lowest BCUT2D eigenvalue weighted by molar-refractivity contribution is 0.600. The SMILES string of the molecule is Cc1ccc(C)c(S(=O)(=O)Nc2ccc(NCc3cccnc3)nn2)c1. The molecule has 26 heavy (non-hydrogen) atoms. The molecule has 3 aromatic rings. The molecule has 2 N–H and O–H groups in total.